The number of aliphatic hydroxyl groups is 2. The number of ether oxygens (including phenoxy) is 1. The van der Waals surface area contributed by atoms with Crippen LogP contribution in [-0.2, 0) is 9.53 Å². The lowest BCUT2D eigenvalue weighted by Gasteiger charge is -2.15. The molecule has 0 saturated carbocycles. The number of carbonyl (C=O) groups is 1. The van der Waals surface area contributed by atoms with Gasteiger partial charge in [-0.15, -0.1) is 0 Å². The predicted octanol–water partition coefficient (Wildman–Crippen LogP) is -0.406. The summed E-state index contributed by atoms with van der Waals surface area (Å²) in [6, 6.07) is 0. The molecule has 1 aromatic heterocycles. The number of aryl methyl sites for hydroxylation is 2. The fourth-order valence-corrected chi connectivity index (χ4v) is 1.40. The highest BCUT2D eigenvalue weighted by atomic mass is 16.5. The number of rotatable bonds is 3. The number of esters is 1. The first-order chi connectivity index (χ1) is 6.99. The van der Waals surface area contributed by atoms with E-state index >= 15 is 0 Å². The number of carbonyl (C=O) groups excluding carboxylic acids is 1. The Kier molecular flexibility index (Phi) is 3.43. The topological polar surface area (TPSA) is 95.4 Å². The minimum Gasteiger partial charge on any atom is -0.467 e. The third-order valence-electron chi connectivity index (χ3n) is 2.22. The van der Waals surface area contributed by atoms with Crippen LogP contribution in [0, 0.1) is 13.8 Å². The molecule has 0 bridgehead atoms. The molecule has 0 amide bonds. The van der Waals surface area contributed by atoms with E-state index in [2.05, 4.69) is 14.9 Å². The third-order valence-corrected chi connectivity index (χ3v) is 2.22. The van der Waals surface area contributed by atoms with Crippen LogP contribution in [-0.4, -0.2) is 39.6 Å². The molecule has 1 aromatic rings. The maximum Gasteiger partial charge on any atom is 0.337 e. The first-order valence-electron chi connectivity index (χ1n) is 4.44. The Morgan fingerprint density at radius 2 is 2.07 bits per heavy atom. The molecule has 0 spiro atoms. The number of hydrogen-bond acceptors (Lipinski definition) is 5. The average Bonchev–Trinajstić information content (AvgIpc) is 2.55. The zero-order chi connectivity index (χ0) is 11.6. The number of aliphatic hydroxyl groups excluding tert-OH is 2. The van der Waals surface area contributed by atoms with Gasteiger partial charge in [0, 0.05) is 11.3 Å². The molecule has 1 heterocycles. The van der Waals surface area contributed by atoms with Gasteiger partial charge in [0.2, 0.25) is 0 Å². The molecule has 0 fully saturated rings. The Morgan fingerprint density at radius 3 is 2.47 bits per heavy atom. The number of hydrogen-bond donors (Lipinski definition) is 3. The van der Waals surface area contributed by atoms with Crippen LogP contribution in [0.3, 0.4) is 0 Å². The second-order valence-electron chi connectivity index (χ2n) is 3.26. The maximum absolute atomic E-state index is 11.0. The van der Waals surface area contributed by atoms with Gasteiger partial charge in [0.1, 0.15) is 6.10 Å². The summed E-state index contributed by atoms with van der Waals surface area (Å²) in [6.45, 7) is 3.37. The van der Waals surface area contributed by atoms with E-state index in [0.29, 0.717) is 17.0 Å². The van der Waals surface area contributed by atoms with Gasteiger partial charge in [-0.2, -0.15) is 5.10 Å². The van der Waals surface area contributed by atoms with Crippen LogP contribution in [0.25, 0.3) is 0 Å². The summed E-state index contributed by atoms with van der Waals surface area (Å²) in [7, 11) is 1.15. The van der Waals surface area contributed by atoms with Crippen LogP contribution in [0.2, 0.25) is 0 Å². The Labute approximate surface area is 86.9 Å². The molecule has 2 unspecified atom stereocenters. The van der Waals surface area contributed by atoms with Gasteiger partial charge in [-0.1, -0.05) is 0 Å². The summed E-state index contributed by atoms with van der Waals surface area (Å²) in [5.41, 5.74) is 1.58. The summed E-state index contributed by atoms with van der Waals surface area (Å²) < 4.78 is 4.33. The first-order valence-corrected chi connectivity index (χ1v) is 4.44. The highest BCUT2D eigenvalue weighted by Gasteiger charge is 2.29. The Morgan fingerprint density at radius 1 is 1.47 bits per heavy atom. The molecule has 0 radical (unpaired) electrons. The van der Waals surface area contributed by atoms with Gasteiger partial charge in [0.05, 0.1) is 12.8 Å². The summed E-state index contributed by atoms with van der Waals surface area (Å²) in [5, 5.41) is 25.7. The standard InChI is InChI=1S/C9H14N2O4/c1-4-6(5(2)11-10-4)7(12)8(13)9(14)15-3/h7-8,12-13H,1-3H3,(H,10,11). The number of methoxy groups -OCH3 is 1. The van der Waals surface area contributed by atoms with Crippen molar-refractivity contribution in [2.75, 3.05) is 7.11 Å². The molecule has 15 heavy (non-hydrogen) atoms. The number of H-pyrrole nitrogens is 1. The summed E-state index contributed by atoms with van der Waals surface area (Å²) >= 11 is 0. The van der Waals surface area contributed by atoms with Gasteiger partial charge in [0.25, 0.3) is 0 Å². The fraction of sp³-hybridized carbons (Fsp3) is 0.556. The van der Waals surface area contributed by atoms with Gasteiger partial charge < -0.3 is 14.9 Å². The van der Waals surface area contributed by atoms with E-state index < -0.39 is 18.2 Å². The van der Waals surface area contributed by atoms with Crippen LogP contribution < -0.4 is 0 Å². The Bertz CT molecular complexity index is 341. The summed E-state index contributed by atoms with van der Waals surface area (Å²) in [4.78, 5) is 11.0. The largest absolute Gasteiger partial charge is 0.467 e. The molecule has 0 aliphatic rings. The first kappa shape index (κ1) is 11.7. The molecule has 1 rings (SSSR count). The molecule has 0 aromatic carbocycles. The van der Waals surface area contributed by atoms with E-state index in [-0.39, 0.29) is 0 Å². The Hall–Kier alpha value is -1.40. The normalized spacial score (nSPS) is 14.7. The van der Waals surface area contributed by atoms with Crippen molar-refractivity contribution in [3.8, 4) is 0 Å². The maximum atomic E-state index is 11.0. The molecule has 2 atom stereocenters. The highest BCUT2D eigenvalue weighted by molar-refractivity contribution is 5.75. The molecular formula is C9H14N2O4. The van der Waals surface area contributed by atoms with Crippen molar-refractivity contribution < 1.29 is 19.7 Å². The van der Waals surface area contributed by atoms with Crippen LogP contribution in [0.5, 0.6) is 0 Å². The van der Waals surface area contributed by atoms with Crippen molar-refractivity contribution in [2.45, 2.75) is 26.1 Å². The third kappa shape index (κ3) is 2.16. The Balaban J connectivity index is 2.94. The van der Waals surface area contributed by atoms with Crippen molar-refractivity contribution in [2.24, 2.45) is 0 Å². The highest BCUT2D eigenvalue weighted by Crippen LogP contribution is 2.22. The van der Waals surface area contributed by atoms with Crippen LogP contribution in [0.4, 0.5) is 0 Å². The van der Waals surface area contributed by atoms with E-state index in [1.165, 1.54) is 0 Å². The minimum absolute atomic E-state index is 0.424. The molecule has 3 N–H and O–H groups in total. The molecule has 6 heteroatoms. The SMILES string of the molecule is COC(=O)C(O)C(O)c1c(C)n[nH]c1C. The smallest absolute Gasteiger partial charge is 0.337 e. The number of aromatic nitrogens is 2. The van der Waals surface area contributed by atoms with Crippen LogP contribution in [0.15, 0.2) is 0 Å². The number of aromatic amines is 1. The number of nitrogens with zero attached hydrogens (tertiary/aromatic N) is 1. The molecule has 0 aliphatic heterocycles. The average molecular weight is 214 g/mol. The van der Waals surface area contributed by atoms with E-state index in [1.807, 2.05) is 0 Å². The molecule has 84 valence electrons. The minimum atomic E-state index is -1.59. The van der Waals surface area contributed by atoms with E-state index in [1.54, 1.807) is 13.8 Å². The van der Waals surface area contributed by atoms with Crippen molar-refractivity contribution in [1.82, 2.24) is 10.2 Å². The van der Waals surface area contributed by atoms with Crippen LogP contribution >= 0.6 is 0 Å². The zero-order valence-corrected chi connectivity index (χ0v) is 8.81. The summed E-state index contributed by atoms with van der Waals surface area (Å²) in [6.07, 6.45) is -2.92. The predicted molar refractivity (Wildman–Crippen MR) is 51.0 cm³/mol. The van der Waals surface area contributed by atoms with Gasteiger partial charge in [-0.25, -0.2) is 4.79 Å². The van der Waals surface area contributed by atoms with Gasteiger partial charge >= 0.3 is 5.97 Å². The molecule has 6 nitrogen and oxygen atoms in total. The lowest BCUT2D eigenvalue weighted by molar-refractivity contribution is -0.156. The van der Waals surface area contributed by atoms with Crippen LogP contribution in [0.1, 0.15) is 23.1 Å². The van der Waals surface area contributed by atoms with Gasteiger partial charge in [-0.3, -0.25) is 5.10 Å². The van der Waals surface area contributed by atoms with E-state index in [4.69, 9.17) is 0 Å². The molecular weight excluding hydrogens is 200 g/mol. The number of nitrogens with one attached hydrogen (secondary N) is 1. The molecule has 0 aliphatic carbocycles. The van der Waals surface area contributed by atoms with Gasteiger partial charge in [0.15, 0.2) is 6.10 Å². The fourth-order valence-electron chi connectivity index (χ4n) is 1.40. The van der Waals surface area contributed by atoms with Crippen molar-refractivity contribution in [3.63, 3.8) is 0 Å². The lowest BCUT2D eigenvalue weighted by atomic mass is 10.0. The van der Waals surface area contributed by atoms with Crippen molar-refractivity contribution in [1.29, 1.82) is 0 Å². The second-order valence-corrected chi connectivity index (χ2v) is 3.26. The quantitative estimate of drug-likeness (QED) is 0.595. The zero-order valence-electron chi connectivity index (χ0n) is 8.81. The molecule has 0 saturated heterocycles. The van der Waals surface area contributed by atoms with Crippen molar-refractivity contribution in [3.05, 3.63) is 17.0 Å². The second kappa shape index (κ2) is 4.41. The van der Waals surface area contributed by atoms with E-state index in [0.717, 1.165) is 7.11 Å². The van der Waals surface area contributed by atoms with Crippen molar-refractivity contribution >= 4 is 5.97 Å². The van der Waals surface area contributed by atoms with E-state index in [9.17, 15) is 15.0 Å². The lowest BCUT2D eigenvalue weighted by Crippen LogP contribution is -2.29. The summed E-state index contributed by atoms with van der Waals surface area (Å²) in [5.74, 6) is -0.873. The monoisotopic (exact) mass is 214 g/mol. The van der Waals surface area contributed by atoms with Gasteiger partial charge in [-0.05, 0) is 13.8 Å².